The van der Waals surface area contributed by atoms with Gasteiger partial charge in [0.25, 0.3) is 0 Å². The van der Waals surface area contributed by atoms with E-state index in [2.05, 4.69) is 17.1 Å². The van der Waals surface area contributed by atoms with Crippen molar-refractivity contribution in [3.8, 4) is 0 Å². The molecule has 102 valence electrons. The Bertz CT molecular complexity index is 253. The molecule has 5 heteroatoms. The lowest BCUT2D eigenvalue weighted by molar-refractivity contribution is -0.123. The zero-order valence-corrected chi connectivity index (χ0v) is 12.1. The van der Waals surface area contributed by atoms with Crippen molar-refractivity contribution in [2.75, 3.05) is 19.6 Å². The molecule has 1 heterocycles. The molecule has 1 fully saturated rings. The van der Waals surface area contributed by atoms with Gasteiger partial charge >= 0.3 is 0 Å². The summed E-state index contributed by atoms with van der Waals surface area (Å²) in [5.41, 5.74) is 5.52. The minimum absolute atomic E-state index is 0. The molecule has 0 spiro atoms. The molecule has 1 amide bonds. The molecule has 2 unspecified atom stereocenters. The predicted octanol–water partition coefficient (Wildman–Crippen LogP) is 0.992. The lowest BCUT2D eigenvalue weighted by atomic mass is 10.1. The Kier molecular flexibility index (Phi) is 6.45. The van der Waals surface area contributed by atoms with E-state index in [0.717, 1.165) is 19.5 Å². The van der Waals surface area contributed by atoms with Gasteiger partial charge < -0.3 is 11.1 Å². The summed E-state index contributed by atoms with van der Waals surface area (Å²) in [5, 5.41) is 2.99. The van der Waals surface area contributed by atoms with Crippen LogP contribution >= 0.6 is 12.4 Å². The Morgan fingerprint density at radius 3 is 2.47 bits per heavy atom. The molecule has 0 saturated carbocycles. The number of nitrogens with zero attached hydrogens (tertiary/aromatic N) is 1. The SMILES string of the molecule is CC1CC(CN)CN1CC(=O)NC(C)(C)C.Cl. The molecule has 0 aliphatic carbocycles. The molecule has 0 radical (unpaired) electrons. The van der Waals surface area contributed by atoms with E-state index in [0.29, 0.717) is 18.5 Å². The first-order valence-corrected chi connectivity index (χ1v) is 6.07. The van der Waals surface area contributed by atoms with Crippen LogP contribution in [0.15, 0.2) is 0 Å². The quantitative estimate of drug-likeness (QED) is 0.799. The van der Waals surface area contributed by atoms with Crippen LogP contribution < -0.4 is 11.1 Å². The predicted molar refractivity (Wildman–Crippen MR) is 73.3 cm³/mol. The van der Waals surface area contributed by atoms with Gasteiger partial charge in [-0.2, -0.15) is 0 Å². The number of carbonyl (C=O) groups is 1. The summed E-state index contributed by atoms with van der Waals surface area (Å²) >= 11 is 0. The fourth-order valence-electron chi connectivity index (χ4n) is 2.25. The number of amides is 1. The fraction of sp³-hybridized carbons (Fsp3) is 0.917. The highest BCUT2D eigenvalue weighted by atomic mass is 35.5. The van der Waals surface area contributed by atoms with Gasteiger partial charge in [-0.25, -0.2) is 0 Å². The highest BCUT2D eigenvalue weighted by molar-refractivity contribution is 5.85. The van der Waals surface area contributed by atoms with Gasteiger partial charge in [-0.15, -0.1) is 12.4 Å². The van der Waals surface area contributed by atoms with Crippen molar-refractivity contribution in [1.82, 2.24) is 10.2 Å². The van der Waals surface area contributed by atoms with Crippen LogP contribution in [0.3, 0.4) is 0 Å². The van der Waals surface area contributed by atoms with Crippen molar-refractivity contribution in [2.45, 2.75) is 45.7 Å². The minimum atomic E-state index is -0.146. The van der Waals surface area contributed by atoms with Crippen LogP contribution in [0, 0.1) is 5.92 Å². The Labute approximate surface area is 111 Å². The second-order valence-electron chi connectivity index (χ2n) is 5.91. The summed E-state index contributed by atoms with van der Waals surface area (Å²) in [5.74, 6) is 0.662. The van der Waals surface area contributed by atoms with E-state index in [1.54, 1.807) is 0 Å². The number of rotatable bonds is 3. The number of nitrogens with two attached hydrogens (primary N) is 1. The fourth-order valence-corrected chi connectivity index (χ4v) is 2.25. The summed E-state index contributed by atoms with van der Waals surface area (Å²) in [6.45, 7) is 10.3. The van der Waals surface area contributed by atoms with E-state index in [-0.39, 0.29) is 23.9 Å². The number of nitrogens with one attached hydrogen (secondary N) is 1. The summed E-state index contributed by atoms with van der Waals surface area (Å²) in [4.78, 5) is 14.0. The monoisotopic (exact) mass is 263 g/mol. The maximum Gasteiger partial charge on any atom is 0.234 e. The second kappa shape index (κ2) is 6.57. The summed E-state index contributed by atoms with van der Waals surface area (Å²) < 4.78 is 0. The molecule has 0 aromatic carbocycles. The molecule has 3 N–H and O–H groups in total. The van der Waals surface area contributed by atoms with Crippen LogP contribution in [0.5, 0.6) is 0 Å². The lowest BCUT2D eigenvalue weighted by Crippen LogP contribution is -2.46. The van der Waals surface area contributed by atoms with Gasteiger partial charge in [0.2, 0.25) is 5.91 Å². The summed E-state index contributed by atoms with van der Waals surface area (Å²) in [6, 6.07) is 0.472. The van der Waals surface area contributed by atoms with Crippen LogP contribution in [0.1, 0.15) is 34.1 Å². The van der Waals surface area contributed by atoms with E-state index in [1.807, 2.05) is 20.8 Å². The average Bonchev–Trinajstić information content (AvgIpc) is 2.44. The first-order chi connectivity index (χ1) is 7.31. The van der Waals surface area contributed by atoms with Crippen molar-refractivity contribution in [2.24, 2.45) is 11.7 Å². The smallest absolute Gasteiger partial charge is 0.234 e. The molecule has 0 aromatic heterocycles. The van der Waals surface area contributed by atoms with E-state index < -0.39 is 0 Å². The molecule has 0 aromatic rings. The Hall–Kier alpha value is -0.320. The molecule has 1 aliphatic rings. The maximum atomic E-state index is 11.8. The molecule has 17 heavy (non-hydrogen) atoms. The number of halogens is 1. The van der Waals surface area contributed by atoms with Crippen molar-refractivity contribution in [3.63, 3.8) is 0 Å². The standard InChI is InChI=1S/C12H25N3O.ClH/c1-9-5-10(6-13)7-15(9)8-11(16)14-12(2,3)4;/h9-10H,5-8,13H2,1-4H3,(H,14,16);1H. The van der Waals surface area contributed by atoms with E-state index in [1.165, 1.54) is 0 Å². The molecule has 2 atom stereocenters. The molecular formula is C12H26ClN3O. The van der Waals surface area contributed by atoms with E-state index >= 15 is 0 Å². The zero-order valence-electron chi connectivity index (χ0n) is 11.3. The Balaban J connectivity index is 0.00000256. The van der Waals surface area contributed by atoms with Crippen LogP contribution in [-0.4, -0.2) is 42.0 Å². The van der Waals surface area contributed by atoms with Gasteiger partial charge in [0.1, 0.15) is 0 Å². The van der Waals surface area contributed by atoms with Crippen molar-refractivity contribution < 1.29 is 4.79 Å². The third kappa shape index (κ3) is 5.70. The van der Waals surface area contributed by atoms with Crippen LogP contribution in [-0.2, 0) is 4.79 Å². The van der Waals surface area contributed by atoms with Crippen molar-refractivity contribution >= 4 is 18.3 Å². The molecule has 4 nitrogen and oxygen atoms in total. The highest BCUT2D eigenvalue weighted by Crippen LogP contribution is 2.21. The first-order valence-electron chi connectivity index (χ1n) is 6.07. The maximum absolute atomic E-state index is 11.8. The minimum Gasteiger partial charge on any atom is -0.350 e. The van der Waals surface area contributed by atoms with Gasteiger partial charge in [-0.05, 0) is 46.6 Å². The topological polar surface area (TPSA) is 58.4 Å². The number of likely N-dealkylation sites (tertiary alicyclic amines) is 1. The van der Waals surface area contributed by atoms with Gasteiger partial charge in [-0.1, -0.05) is 0 Å². The van der Waals surface area contributed by atoms with Gasteiger partial charge in [0, 0.05) is 18.1 Å². The summed E-state index contributed by atoms with van der Waals surface area (Å²) in [7, 11) is 0. The molecule has 1 aliphatic heterocycles. The van der Waals surface area contributed by atoms with Gasteiger partial charge in [0.15, 0.2) is 0 Å². The van der Waals surface area contributed by atoms with Crippen LogP contribution in [0.4, 0.5) is 0 Å². The zero-order chi connectivity index (χ0) is 12.3. The largest absolute Gasteiger partial charge is 0.350 e. The molecule has 1 rings (SSSR count). The van der Waals surface area contributed by atoms with Crippen LogP contribution in [0.2, 0.25) is 0 Å². The third-order valence-electron chi connectivity index (χ3n) is 2.98. The van der Waals surface area contributed by atoms with Crippen molar-refractivity contribution in [1.29, 1.82) is 0 Å². The molecule has 0 bridgehead atoms. The molecular weight excluding hydrogens is 238 g/mol. The Morgan fingerprint density at radius 1 is 1.47 bits per heavy atom. The lowest BCUT2D eigenvalue weighted by Gasteiger charge is -2.25. The Morgan fingerprint density at radius 2 is 2.06 bits per heavy atom. The van der Waals surface area contributed by atoms with Gasteiger partial charge in [0.05, 0.1) is 6.54 Å². The van der Waals surface area contributed by atoms with E-state index in [4.69, 9.17) is 5.73 Å². The average molecular weight is 264 g/mol. The summed E-state index contributed by atoms with van der Waals surface area (Å²) in [6.07, 6.45) is 1.11. The number of hydrogen-bond donors (Lipinski definition) is 2. The van der Waals surface area contributed by atoms with Crippen LogP contribution in [0.25, 0.3) is 0 Å². The van der Waals surface area contributed by atoms with Gasteiger partial charge in [-0.3, -0.25) is 9.69 Å². The normalized spacial score (nSPS) is 25.5. The first kappa shape index (κ1) is 16.7. The van der Waals surface area contributed by atoms with E-state index in [9.17, 15) is 4.79 Å². The number of hydrogen-bond acceptors (Lipinski definition) is 3. The van der Waals surface area contributed by atoms with Crippen molar-refractivity contribution in [3.05, 3.63) is 0 Å². The second-order valence-corrected chi connectivity index (χ2v) is 5.91. The third-order valence-corrected chi connectivity index (χ3v) is 2.98. The molecule has 1 saturated heterocycles. The number of carbonyl (C=O) groups excluding carboxylic acids is 1. The highest BCUT2D eigenvalue weighted by Gasteiger charge is 2.29.